The van der Waals surface area contributed by atoms with Crippen LogP contribution in [-0.2, 0) is 19.1 Å². The summed E-state index contributed by atoms with van der Waals surface area (Å²) in [6.45, 7) is 3.74. The van der Waals surface area contributed by atoms with E-state index in [0.717, 1.165) is 6.42 Å². The van der Waals surface area contributed by atoms with Gasteiger partial charge in [-0.25, -0.2) is 0 Å². The van der Waals surface area contributed by atoms with Crippen LogP contribution < -0.4 is 0 Å². The molecule has 2 aliphatic rings. The molecule has 0 unspecified atom stereocenters. The maximum atomic E-state index is 12.3. The molecule has 2 heterocycles. The lowest BCUT2D eigenvalue weighted by molar-refractivity contribution is -0.145. The molecule has 2 fully saturated rings. The van der Waals surface area contributed by atoms with Crippen LogP contribution in [-0.4, -0.2) is 60.9 Å². The first-order valence-electron chi connectivity index (χ1n) is 6.65. The Kier molecular flexibility index (Phi) is 4.07. The van der Waals surface area contributed by atoms with Crippen molar-refractivity contribution in [1.82, 2.24) is 9.80 Å². The standard InChI is InChI=1S/C13H20N2O4/c1-9(16)14-5-3-10(7-14)12(17)15-6-4-11(8-15)13(18)19-2/h10-11H,3-8H2,1-2H3/t10-,11-/m0/s1. The first-order valence-corrected chi connectivity index (χ1v) is 6.65. The predicted molar refractivity (Wildman–Crippen MR) is 67.1 cm³/mol. The van der Waals surface area contributed by atoms with Crippen molar-refractivity contribution in [2.24, 2.45) is 11.8 Å². The number of rotatable bonds is 2. The van der Waals surface area contributed by atoms with Crippen LogP contribution in [0.4, 0.5) is 0 Å². The molecule has 106 valence electrons. The molecule has 6 heteroatoms. The van der Waals surface area contributed by atoms with Crippen molar-refractivity contribution in [1.29, 1.82) is 0 Å². The quantitative estimate of drug-likeness (QED) is 0.655. The number of hydrogen-bond donors (Lipinski definition) is 0. The van der Waals surface area contributed by atoms with Crippen LogP contribution >= 0.6 is 0 Å². The highest BCUT2D eigenvalue weighted by molar-refractivity contribution is 5.83. The van der Waals surface area contributed by atoms with E-state index < -0.39 is 0 Å². The van der Waals surface area contributed by atoms with Gasteiger partial charge in [0.2, 0.25) is 11.8 Å². The summed E-state index contributed by atoms with van der Waals surface area (Å²) < 4.78 is 4.71. The number of amides is 2. The van der Waals surface area contributed by atoms with Crippen molar-refractivity contribution in [3.8, 4) is 0 Å². The van der Waals surface area contributed by atoms with Crippen LogP contribution in [0.1, 0.15) is 19.8 Å². The number of hydrogen-bond acceptors (Lipinski definition) is 4. The van der Waals surface area contributed by atoms with E-state index in [1.54, 1.807) is 9.80 Å². The fourth-order valence-electron chi connectivity index (χ4n) is 2.83. The fraction of sp³-hybridized carbons (Fsp3) is 0.769. The summed E-state index contributed by atoms with van der Waals surface area (Å²) >= 11 is 0. The Morgan fingerprint density at radius 3 is 2.16 bits per heavy atom. The zero-order valence-corrected chi connectivity index (χ0v) is 11.4. The molecule has 0 N–H and O–H groups in total. The number of carbonyl (C=O) groups excluding carboxylic acids is 3. The second-order valence-corrected chi connectivity index (χ2v) is 5.24. The van der Waals surface area contributed by atoms with Gasteiger partial charge in [-0.1, -0.05) is 0 Å². The van der Waals surface area contributed by atoms with Gasteiger partial charge in [0.15, 0.2) is 0 Å². The molecule has 0 aromatic rings. The lowest BCUT2D eigenvalue weighted by atomic mass is 10.1. The van der Waals surface area contributed by atoms with Gasteiger partial charge in [-0.2, -0.15) is 0 Å². The molecule has 2 atom stereocenters. The Bertz CT molecular complexity index is 396. The molecule has 0 bridgehead atoms. The zero-order valence-electron chi connectivity index (χ0n) is 11.4. The largest absolute Gasteiger partial charge is 0.469 e. The van der Waals surface area contributed by atoms with E-state index in [4.69, 9.17) is 4.74 Å². The monoisotopic (exact) mass is 268 g/mol. The van der Waals surface area contributed by atoms with Gasteiger partial charge in [-0.3, -0.25) is 14.4 Å². The van der Waals surface area contributed by atoms with Gasteiger partial charge in [-0.05, 0) is 12.8 Å². The minimum absolute atomic E-state index is 0.0177. The molecule has 2 amide bonds. The average molecular weight is 268 g/mol. The van der Waals surface area contributed by atoms with Gasteiger partial charge in [0.05, 0.1) is 18.9 Å². The van der Waals surface area contributed by atoms with Crippen LogP contribution in [0.25, 0.3) is 0 Å². The summed E-state index contributed by atoms with van der Waals surface area (Å²) in [5.74, 6) is -0.467. The summed E-state index contributed by atoms with van der Waals surface area (Å²) in [6, 6.07) is 0. The minimum atomic E-state index is -0.243. The lowest BCUT2D eigenvalue weighted by Gasteiger charge is -2.20. The molecular weight excluding hydrogens is 248 g/mol. The summed E-state index contributed by atoms with van der Waals surface area (Å²) in [5.41, 5.74) is 0. The first-order chi connectivity index (χ1) is 9.02. The molecule has 6 nitrogen and oxygen atoms in total. The van der Waals surface area contributed by atoms with Gasteiger partial charge >= 0.3 is 5.97 Å². The molecule has 0 spiro atoms. The highest BCUT2D eigenvalue weighted by Gasteiger charge is 2.37. The average Bonchev–Trinajstić information content (AvgIpc) is 3.05. The van der Waals surface area contributed by atoms with Gasteiger partial charge in [0, 0.05) is 33.1 Å². The Labute approximate surface area is 112 Å². The molecule has 0 aliphatic carbocycles. The number of esters is 1. The Morgan fingerprint density at radius 1 is 1.00 bits per heavy atom. The number of nitrogens with zero attached hydrogens (tertiary/aromatic N) is 2. The van der Waals surface area contributed by atoms with Crippen LogP contribution in [0, 0.1) is 11.8 Å². The Balaban J connectivity index is 1.88. The molecule has 0 aromatic heterocycles. The van der Waals surface area contributed by atoms with E-state index in [9.17, 15) is 14.4 Å². The zero-order chi connectivity index (χ0) is 14.0. The second-order valence-electron chi connectivity index (χ2n) is 5.24. The van der Waals surface area contributed by atoms with Crippen LogP contribution in [0.15, 0.2) is 0 Å². The topological polar surface area (TPSA) is 66.9 Å². The van der Waals surface area contributed by atoms with Crippen LogP contribution in [0.3, 0.4) is 0 Å². The van der Waals surface area contributed by atoms with E-state index in [0.29, 0.717) is 32.6 Å². The Morgan fingerprint density at radius 2 is 1.58 bits per heavy atom. The third kappa shape index (κ3) is 2.88. The normalized spacial score (nSPS) is 26.6. The number of carbonyl (C=O) groups is 3. The van der Waals surface area contributed by atoms with E-state index in [1.807, 2.05) is 0 Å². The summed E-state index contributed by atoms with van der Waals surface area (Å²) in [6.07, 6.45) is 1.39. The summed E-state index contributed by atoms with van der Waals surface area (Å²) in [7, 11) is 1.37. The lowest BCUT2D eigenvalue weighted by Crippen LogP contribution is -2.37. The summed E-state index contributed by atoms with van der Waals surface area (Å²) in [4.78, 5) is 38.4. The molecule has 2 saturated heterocycles. The molecular formula is C13H20N2O4. The third-order valence-electron chi connectivity index (χ3n) is 4.02. The van der Waals surface area contributed by atoms with Gasteiger partial charge in [0.1, 0.15) is 0 Å². The molecule has 2 rings (SSSR count). The van der Waals surface area contributed by atoms with Crippen molar-refractivity contribution in [3.63, 3.8) is 0 Å². The van der Waals surface area contributed by atoms with E-state index in [1.165, 1.54) is 14.0 Å². The molecule has 19 heavy (non-hydrogen) atoms. The highest BCUT2D eigenvalue weighted by atomic mass is 16.5. The van der Waals surface area contributed by atoms with Crippen molar-refractivity contribution in [3.05, 3.63) is 0 Å². The summed E-state index contributed by atoms with van der Waals surface area (Å²) in [5, 5.41) is 0. The van der Waals surface area contributed by atoms with Crippen molar-refractivity contribution < 1.29 is 19.1 Å². The van der Waals surface area contributed by atoms with Crippen LogP contribution in [0.2, 0.25) is 0 Å². The maximum absolute atomic E-state index is 12.3. The number of ether oxygens (including phenoxy) is 1. The van der Waals surface area contributed by atoms with Crippen molar-refractivity contribution in [2.45, 2.75) is 19.8 Å². The first kappa shape index (κ1) is 13.8. The minimum Gasteiger partial charge on any atom is -0.469 e. The van der Waals surface area contributed by atoms with Gasteiger partial charge in [0.25, 0.3) is 0 Å². The molecule has 0 aromatic carbocycles. The number of likely N-dealkylation sites (tertiary alicyclic amines) is 2. The second kappa shape index (κ2) is 5.59. The number of methoxy groups -OCH3 is 1. The van der Waals surface area contributed by atoms with Crippen LogP contribution in [0.5, 0.6) is 0 Å². The predicted octanol–water partition coefficient (Wildman–Crippen LogP) is -0.124. The third-order valence-corrected chi connectivity index (χ3v) is 4.02. The molecule has 0 saturated carbocycles. The van der Waals surface area contributed by atoms with E-state index >= 15 is 0 Å². The maximum Gasteiger partial charge on any atom is 0.310 e. The Hall–Kier alpha value is -1.59. The highest BCUT2D eigenvalue weighted by Crippen LogP contribution is 2.24. The van der Waals surface area contributed by atoms with Gasteiger partial charge in [-0.15, -0.1) is 0 Å². The smallest absolute Gasteiger partial charge is 0.310 e. The van der Waals surface area contributed by atoms with E-state index in [-0.39, 0.29) is 29.6 Å². The fourth-order valence-corrected chi connectivity index (χ4v) is 2.83. The molecule has 0 radical (unpaired) electrons. The van der Waals surface area contributed by atoms with Gasteiger partial charge < -0.3 is 14.5 Å². The molecule has 2 aliphatic heterocycles. The SMILES string of the molecule is COC(=O)[C@H]1CCN(C(=O)[C@H]2CCN(C(C)=O)C2)C1. The van der Waals surface area contributed by atoms with Crippen molar-refractivity contribution >= 4 is 17.8 Å². The van der Waals surface area contributed by atoms with E-state index in [2.05, 4.69) is 0 Å². The van der Waals surface area contributed by atoms with Crippen molar-refractivity contribution in [2.75, 3.05) is 33.3 Å².